The first-order chi connectivity index (χ1) is 10.2. The Bertz CT molecular complexity index is 613. The highest BCUT2D eigenvalue weighted by molar-refractivity contribution is 7.15. The molecule has 1 fully saturated rings. The Morgan fingerprint density at radius 2 is 2.14 bits per heavy atom. The molecule has 3 rings (SSSR count). The standard InChI is InChI=1S/C15H18N4OS/c16-15-19-18-13(21-15)7-4-8-17-14(20)12-9-11(12)10-5-2-1-3-6-10/h1-3,5-6,11-12H,4,7-9H2,(H2,16,19)(H,17,20)/t11-,12+/m0/s1. The third-order valence-corrected chi connectivity index (χ3v) is 4.52. The predicted molar refractivity (Wildman–Crippen MR) is 82.9 cm³/mol. The highest BCUT2D eigenvalue weighted by atomic mass is 32.1. The zero-order chi connectivity index (χ0) is 14.7. The molecule has 2 aromatic rings. The van der Waals surface area contributed by atoms with Crippen molar-refractivity contribution in [2.75, 3.05) is 12.3 Å². The smallest absolute Gasteiger partial charge is 0.223 e. The van der Waals surface area contributed by atoms with E-state index in [0.717, 1.165) is 24.3 Å². The summed E-state index contributed by atoms with van der Waals surface area (Å²) in [5.74, 6) is 0.708. The molecular formula is C15H18N4OS. The molecule has 0 saturated heterocycles. The molecule has 1 aliphatic carbocycles. The summed E-state index contributed by atoms with van der Waals surface area (Å²) >= 11 is 1.41. The van der Waals surface area contributed by atoms with E-state index in [4.69, 9.17) is 5.73 Å². The minimum atomic E-state index is 0.143. The molecule has 1 aromatic heterocycles. The zero-order valence-corrected chi connectivity index (χ0v) is 12.5. The second-order valence-electron chi connectivity index (χ2n) is 5.29. The molecule has 0 spiro atoms. The van der Waals surface area contributed by atoms with Gasteiger partial charge in [-0.3, -0.25) is 4.79 Å². The number of nitrogens with one attached hydrogen (secondary N) is 1. The molecule has 5 nitrogen and oxygen atoms in total. The highest BCUT2D eigenvalue weighted by Gasteiger charge is 2.43. The van der Waals surface area contributed by atoms with E-state index < -0.39 is 0 Å². The molecular weight excluding hydrogens is 284 g/mol. The molecule has 1 aromatic carbocycles. The van der Waals surface area contributed by atoms with Crippen molar-refractivity contribution >= 4 is 22.4 Å². The van der Waals surface area contributed by atoms with E-state index in [2.05, 4.69) is 27.6 Å². The third kappa shape index (κ3) is 3.58. The first-order valence-corrected chi connectivity index (χ1v) is 7.96. The lowest BCUT2D eigenvalue weighted by atomic mass is 10.1. The fourth-order valence-electron chi connectivity index (χ4n) is 2.50. The lowest BCUT2D eigenvalue weighted by Gasteiger charge is -2.04. The van der Waals surface area contributed by atoms with Crippen LogP contribution in [0.2, 0.25) is 0 Å². The number of nitrogens with zero attached hydrogens (tertiary/aromatic N) is 2. The van der Waals surface area contributed by atoms with Crippen LogP contribution in [-0.4, -0.2) is 22.6 Å². The van der Waals surface area contributed by atoms with Gasteiger partial charge in [-0.05, 0) is 24.3 Å². The van der Waals surface area contributed by atoms with Gasteiger partial charge in [0.15, 0.2) is 0 Å². The summed E-state index contributed by atoms with van der Waals surface area (Å²) in [5, 5.41) is 12.2. The normalized spacial score (nSPS) is 20.2. The van der Waals surface area contributed by atoms with Crippen LogP contribution in [0.15, 0.2) is 30.3 Å². The van der Waals surface area contributed by atoms with Crippen LogP contribution in [-0.2, 0) is 11.2 Å². The van der Waals surface area contributed by atoms with Crippen LogP contribution >= 0.6 is 11.3 Å². The Labute approximate surface area is 127 Å². The van der Waals surface area contributed by atoms with Gasteiger partial charge < -0.3 is 11.1 Å². The summed E-state index contributed by atoms with van der Waals surface area (Å²) in [5.41, 5.74) is 6.79. The molecule has 0 radical (unpaired) electrons. The van der Waals surface area contributed by atoms with Gasteiger partial charge in [-0.15, -0.1) is 10.2 Å². The van der Waals surface area contributed by atoms with Gasteiger partial charge >= 0.3 is 0 Å². The van der Waals surface area contributed by atoms with Gasteiger partial charge in [0.05, 0.1) is 0 Å². The molecule has 110 valence electrons. The van der Waals surface area contributed by atoms with Crippen molar-refractivity contribution in [2.45, 2.75) is 25.2 Å². The van der Waals surface area contributed by atoms with E-state index in [9.17, 15) is 4.79 Å². The van der Waals surface area contributed by atoms with Gasteiger partial charge in [0, 0.05) is 18.9 Å². The number of aromatic nitrogens is 2. The lowest BCUT2D eigenvalue weighted by Crippen LogP contribution is -2.26. The van der Waals surface area contributed by atoms with Gasteiger partial charge in [-0.1, -0.05) is 41.7 Å². The van der Waals surface area contributed by atoms with E-state index in [-0.39, 0.29) is 11.8 Å². The fraction of sp³-hybridized carbons (Fsp3) is 0.400. The van der Waals surface area contributed by atoms with Crippen LogP contribution in [0, 0.1) is 5.92 Å². The number of nitrogen functional groups attached to an aromatic ring is 1. The van der Waals surface area contributed by atoms with E-state index in [1.165, 1.54) is 16.9 Å². The van der Waals surface area contributed by atoms with Gasteiger partial charge in [0.1, 0.15) is 5.01 Å². The van der Waals surface area contributed by atoms with Crippen LogP contribution in [0.4, 0.5) is 5.13 Å². The van der Waals surface area contributed by atoms with Gasteiger partial charge in [-0.25, -0.2) is 0 Å². The molecule has 3 N–H and O–H groups in total. The fourth-order valence-corrected chi connectivity index (χ4v) is 3.15. The highest BCUT2D eigenvalue weighted by Crippen LogP contribution is 2.47. The van der Waals surface area contributed by atoms with E-state index in [0.29, 0.717) is 17.6 Å². The minimum Gasteiger partial charge on any atom is -0.374 e. The zero-order valence-electron chi connectivity index (χ0n) is 11.7. The maximum atomic E-state index is 12.0. The van der Waals surface area contributed by atoms with E-state index in [1.807, 2.05) is 18.2 Å². The second kappa shape index (κ2) is 6.22. The monoisotopic (exact) mass is 302 g/mol. The van der Waals surface area contributed by atoms with Gasteiger partial charge in [0.2, 0.25) is 11.0 Å². The van der Waals surface area contributed by atoms with Crippen molar-refractivity contribution < 1.29 is 4.79 Å². The maximum absolute atomic E-state index is 12.0. The van der Waals surface area contributed by atoms with Crippen molar-refractivity contribution in [3.05, 3.63) is 40.9 Å². The lowest BCUT2D eigenvalue weighted by molar-refractivity contribution is -0.122. The molecule has 21 heavy (non-hydrogen) atoms. The Kier molecular flexibility index (Phi) is 4.15. The maximum Gasteiger partial charge on any atom is 0.223 e. The van der Waals surface area contributed by atoms with Crippen molar-refractivity contribution in [2.24, 2.45) is 5.92 Å². The van der Waals surface area contributed by atoms with Crippen LogP contribution in [0.3, 0.4) is 0 Å². The summed E-state index contributed by atoms with van der Waals surface area (Å²) in [6.45, 7) is 0.677. The van der Waals surface area contributed by atoms with Crippen molar-refractivity contribution in [1.82, 2.24) is 15.5 Å². The summed E-state index contributed by atoms with van der Waals surface area (Å²) in [6.07, 6.45) is 2.63. The first-order valence-electron chi connectivity index (χ1n) is 7.14. The van der Waals surface area contributed by atoms with Crippen molar-refractivity contribution in [3.8, 4) is 0 Å². The Hall–Kier alpha value is -1.95. The predicted octanol–water partition coefficient (Wildman–Crippen LogP) is 1.97. The quantitative estimate of drug-likeness (QED) is 0.799. The molecule has 0 unspecified atom stereocenters. The van der Waals surface area contributed by atoms with E-state index >= 15 is 0 Å². The topological polar surface area (TPSA) is 80.9 Å². The van der Waals surface area contributed by atoms with Crippen LogP contribution in [0.1, 0.15) is 29.3 Å². The van der Waals surface area contributed by atoms with Crippen LogP contribution < -0.4 is 11.1 Å². The number of rotatable bonds is 6. The number of nitrogens with two attached hydrogens (primary N) is 1. The number of hydrogen-bond donors (Lipinski definition) is 2. The van der Waals surface area contributed by atoms with E-state index in [1.54, 1.807) is 0 Å². The number of carbonyl (C=O) groups excluding carboxylic acids is 1. The SMILES string of the molecule is Nc1nnc(CCCNC(=O)[C@@H]2C[C@H]2c2ccccc2)s1. The summed E-state index contributed by atoms with van der Waals surface area (Å²) in [6, 6.07) is 10.2. The summed E-state index contributed by atoms with van der Waals surface area (Å²) in [4.78, 5) is 12.0. The molecule has 2 atom stereocenters. The minimum absolute atomic E-state index is 0.143. The van der Waals surface area contributed by atoms with Crippen LogP contribution in [0.25, 0.3) is 0 Å². The molecule has 1 aliphatic rings. The number of anilines is 1. The number of amides is 1. The summed E-state index contributed by atoms with van der Waals surface area (Å²) in [7, 11) is 0. The van der Waals surface area contributed by atoms with Gasteiger partial charge in [0.25, 0.3) is 0 Å². The molecule has 1 heterocycles. The number of aryl methyl sites for hydroxylation is 1. The Morgan fingerprint density at radius 1 is 1.33 bits per heavy atom. The van der Waals surface area contributed by atoms with Gasteiger partial charge in [-0.2, -0.15) is 0 Å². The number of carbonyl (C=O) groups is 1. The Balaban J connectivity index is 1.38. The summed E-state index contributed by atoms with van der Waals surface area (Å²) < 4.78 is 0. The molecule has 0 bridgehead atoms. The first kappa shape index (κ1) is 14.0. The largest absolute Gasteiger partial charge is 0.374 e. The van der Waals surface area contributed by atoms with Crippen molar-refractivity contribution in [1.29, 1.82) is 0 Å². The average molecular weight is 302 g/mol. The van der Waals surface area contributed by atoms with Crippen LogP contribution in [0.5, 0.6) is 0 Å². The third-order valence-electron chi connectivity index (χ3n) is 3.70. The average Bonchev–Trinajstić information content (AvgIpc) is 3.21. The number of benzene rings is 1. The molecule has 0 aliphatic heterocycles. The molecule has 1 amide bonds. The number of hydrogen-bond acceptors (Lipinski definition) is 5. The second-order valence-corrected chi connectivity index (χ2v) is 6.38. The molecule has 1 saturated carbocycles. The van der Waals surface area contributed by atoms with Crippen molar-refractivity contribution in [3.63, 3.8) is 0 Å². The molecule has 6 heteroatoms. The Morgan fingerprint density at radius 3 is 2.86 bits per heavy atom.